The van der Waals surface area contributed by atoms with Crippen LogP contribution in [0, 0.1) is 22.0 Å². The van der Waals surface area contributed by atoms with Crippen molar-refractivity contribution < 1.29 is 10.0 Å². The van der Waals surface area contributed by atoms with E-state index in [1.165, 1.54) is 15.7 Å². The number of anilines is 1. The number of aromatic nitrogens is 2. The van der Waals surface area contributed by atoms with E-state index in [1.54, 1.807) is 11.6 Å². The highest BCUT2D eigenvalue weighted by Gasteiger charge is 2.44. The normalized spacial score (nSPS) is 29.2. The second-order valence-electron chi connectivity index (χ2n) is 5.55. The van der Waals surface area contributed by atoms with Crippen LogP contribution in [0.3, 0.4) is 0 Å². The fourth-order valence-electron chi connectivity index (χ4n) is 3.55. The van der Waals surface area contributed by atoms with Gasteiger partial charge in [-0.2, -0.15) is 9.38 Å². The predicted octanol–water partition coefficient (Wildman–Crippen LogP) is 1.51. The largest absolute Gasteiger partial charge is 0.393 e. The average Bonchev–Trinajstić information content (AvgIpc) is 3.09. The first-order valence-electron chi connectivity index (χ1n) is 6.68. The van der Waals surface area contributed by atoms with Crippen molar-refractivity contribution in [3.05, 3.63) is 21.7 Å². The fourth-order valence-corrected chi connectivity index (χ4v) is 4.26. The minimum absolute atomic E-state index is 0.0377. The summed E-state index contributed by atoms with van der Waals surface area (Å²) < 4.78 is 1.53. The molecule has 8 heteroatoms. The van der Waals surface area contributed by atoms with Crippen LogP contribution in [0.15, 0.2) is 11.6 Å². The lowest BCUT2D eigenvalue weighted by Gasteiger charge is -2.17. The third-order valence-corrected chi connectivity index (χ3v) is 5.27. The molecule has 4 rings (SSSR count). The summed E-state index contributed by atoms with van der Waals surface area (Å²) in [6.45, 7) is 1.42. The maximum Gasteiger partial charge on any atom is 0.373 e. The Morgan fingerprint density at radius 3 is 3.05 bits per heavy atom. The van der Waals surface area contributed by atoms with E-state index in [2.05, 4.69) is 4.98 Å². The molecule has 7 nitrogen and oxygen atoms in total. The Morgan fingerprint density at radius 1 is 1.45 bits per heavy atom. The lowest BCUT2D eigenvalue weighted by molar-refractivity contribution is -0.389. The molecule has 0 spiro atoms. The third kappa shape index (κ3) is 1.58. The number of hydrogen-bond acceptors (Lipinski definition) is 6. The van der Waals surface area contributed by atoms with E-state index in [4.69, 9.17) is 0 Å². The topological polar surface area (TPSA) is 83.9 Å². The molecule has 0 radical (unpaired) electrons. The molecule has 1 saturated heterocycles. The SMILES string of the molecule is O=[N+]([O-])c1c(N2CC3CCC(O)C3C2)nc2sccn12. The highest BCUT2D eigenvalue weighted by atomic mass is 32.1. The number of fused-ring (bicyclic) bond motifs is 2. The van der Waals surface area contributed by atoms with Crippen molar-refractivity contribution in [2.75, 3.05) is 18.0 Å². The van der Waals surface area contributed by atoms with Crippen LogP contribution in [0.25, 0.3) is 4.96 Å². The third-order valence-electron chi connectivity index (χ3n) is 4.51. The van der Waals surface area contributed by atoms with Crippen LogP contribution in [-0.2, 0) is 0 Å². The lowest BCUT2D eigenvalue weighted by atomic mass is 10.00. The number of thiazole rings is 1. The molecule has 1 saturated carbocycles. The van der Waals surface area contributed by atoms with Gasteiger partial charge in [-0.05, 0) is 23.7 Å². The molecule has 2 fully saturated rings. The average molecular weight is 294 g/mol. The van der Waals surface area contributed by atoms with Crippen molar-refractivity contribution in [2.45, 2.75) is 18.9 Å². The summed E-state index contributed by atoms with van der Waals surface area (Å²) in [6.07, 6.45) is 3.26. The summed E-state index contributed by atoms with van der Waals surface area (Å²) >= 11 is 1.39. The number of imidazole rings is 1. The molecule has 0 amide bonds. The zero-order valence-corrected chi connectivity index (χ0v) is 11.5. The Morgan fingerprint density at radius 2 is 2.30 bits per heavy atom. The van der Waals surface area contributed by atoms with Crippen molar-refractivity contribution in [1.82, 2.24) is 9.38 Å². The summed E-state index contributed by atoms with van der Waals surface area (Å²) in [5.41, 5.74) is 0. The summed E-state index contributed by atoms with van der Waals surface area (Å²) in [4.78, 5) is 18.0. The predicted molar refractivity (Wildman–Crippen MR) is 74.2 cm³/mol. The molecule has 3 heterocycles. The molecule has 3 unspecified atom stereocenters. The van der Waals surface area contributed by atoms with E-state index in [0.717, 1.165) is 19.4 Å². The summed E-state index contributed by atoms with van der Waals surface area (Å²) in [5.74, 6) is 1.15. The van der Waals surface area contributed by atoms with Gasteiger partial charge >= 0.3 is 5.82 Å². The molecular formula is C12H14N4O3S. The van der Waals surface area contributed by atoms with Gasteiger partial charge in [-0.1, -0.05) is 11.3 Å². The van der Waals surface area contributed by atoms with Gasteiger partial charge in [0.15, 0.2) is 0 Å². The number of hydrogen-bond donors (Lipinski definition) is 1. The molecule has 1 N–H and O–H groups in total. The van der Waals surface area contributed by atoms with Gasteiger partial charge in [0.1, 0.15) is 6.20 Å². The van der Waals surface area contributed by atoms with Gasteiger partial charge in [0.25, 0.3) is 4.96 Å². The molecule has 20 heavy (non-hydrogen) atoms. The van der Waals surface area contributed by atoms with Crippen LogP contribution in [0.2, 0.25) is 0 Å². The van der Waals surface area contributed by atoms with E-state index in [9.17, 15) is 15.2 Å². The summed E-state index contributed by atoms with van der Waals surface area (Å²) in [7, 11) is 0. The van der Waals surface area contributed by atoms with Gasteiger partial charge < -0.3 is 20.1 Å². The number of aliphatic hydroxyl groups excluding tert-OH is 1. The molecule has 2 aromatic heterocycles. The van der Waals surface area contributed by atoms with Crippen molar-refractivity contribution in [3.63, 3.8) is 0 Å². The van der Waals surface area contributed by atoms with Crippen LogP contribution in [0.4, 0.5) is 11.6 Å². The zero-order valence-electron chi connectivity index (χ0n) is 10.7. The molecule has 106 valence electrons. The number of aliphatic hydroxyl groups is 1. The fraction of sp³-hybridized carbons (Fsp3) is 0.583. The Bertz CT molecular complexity index is 681. The quantitative estimate of drug-likeness (QED) is 0.670. The van der Waals surface area contributed by atoms with E-state index in [-0.39, 0.29) is 22.8 Å². The first kappa shape index (κ1) is 12.1. The van der Waals surface area contributed by atoms with Gasteiger partial charge in [-0.15, -0.1) is 0 Å². The maximum atomic E-state index is 11.3. The maximum absolute atomic E-state index is 11.3. The smallest absolute Gasteiger partial charge is 0.373 e. The molecule has 2 aliphatic rings. The molecule has 1 aliphatic heterocycles. The van der Waals surface area contributed by atoms with Crippen molar-refractivity contribution in [2.24, 2.45) is 11.8 Å². The first-order chi connectivity index (χ1) is 9.65. The van der Waals surface area contributed by atoms with Gasteiger partial charge in [0.2, 0.25) is 5.82 Å². The minimum Gasteiger partial charge on any atom is -0.393 e. The lowest BCUT2D eigenvalue weighted by Crippen LogP contribution is -2.25. The molecule has 0 aromatic carbocycles. The van der Waals surface area contributed by atoms with Crippen LogP contribution in [0.1, 0.15) is 12.8 Å². The van der Waals surface area contributed by atoms with Crippen molar-refractivity contribution in [3.8, 4) is 0 Å². The summed E-state index contributed by atoms with van der Waals surface area (Å²) in [6, 6.07) is 0. The monoisotopic (exact) mass is 294 g/mol. The van der Waals surface area contributed by atoms with E-state index < -0.39 is 0 Å². The van der Waals surface area contributed by atoms with E-state index in [0.29, 0.717) is 23.2 Å². The van der Waals surface area contributed by atoms with Gasteiger partial charge in [0, 0.05) is 24.4 Å². The Kier molecular flexibility index (Phi) is 2.52. The zero-order chi connectivity index (χ0) is 13.9. The molecule has 1 aliphatic carbocycles. The van der Waals surface area contributed by atoms with Crippen LogP contribution >= 0.6 is 11.3 Å². The van der Waals surface area contributed by atoms with Gasteiger partial charge in [-0.25, -0.2) is 0 Å². The minimum atomic E-state index is -0.368. The second-order valence-corrected chi connectivity index (χ2v) is 6.42. The Balaban J connectivity index is 1.74. The molecule has 0 bridgehead atoms. The van der Waals surface area contributed by atoms with Crippen molar-refractivity contribution in [1.29, 1.82) is 0 Å². The first-order valence-corrected chi connectivity index (χ1v) is 7.56. The molecular weight excluding hydrogens is 280 g/mol. The number of nitro groups is 1. The number of rotatable bonds is 2. The van der Waals surface area contributed by atoms with Crippen molar-refractivity contribution >= 4 is 27.9 Å². The van der Waals surface area contributed by atoms with Crippen LogP contribution in [0.5, 0.6) is 0 Å². The van der Waals surface area contributed by atoms with E-state index in [1.807, 2.05) is 4.90 Å². The van der Waals surface area contributed by atoms with Gasteiger partial charge in [-0.3, -0.25) is 0 Å². The standard InChI is InChI=1S/C12H14N4O3S/c17-9-2-1-7-5-14(6-8(7)9)10-11(16(18)19)15-3-4-20-12(15)13-10/h3-4,7-9,17H,1-2,5-6H2. The number of nitrogens with zero attached hydrogens (tertiary/aromatic N) is 4. The Hall–Kier alpha value is -1.67. The molecule has 3 atom stereocenters. The second kappa shape index (κ2) is 4.16. The highest BCUT2D eigenvalue weighted by Crippen LogP contribution is 2.42. The van der Waals surface area contributed by atoms with Gasteiger partial charge in [0.05, 0.1) is 6.10 Å². The highest BCUT2D eigenvalue weighted by molar-refractivity contribution is 7.15. The van der Waals surface area contributed by atoms with Crippen LogP contribution in [-0.4, -0.2) is 38.6 Å². The van der Waals surface area contributed by atoms with E-state index >= 15 is 0 Å². The van der Waals surface area contributed by atoms with Crippen LogP contribution < -0.4 is 4.90 Å². The summed E-state index contributed by atoms with van der Waals surface area (Å²) in [5, 5.41) is 23.1. The Labute approximate surface area is 118 Å². The molecule has 2 aromatic rings.